The topological polar surface area (TPSA) is 109 Å². The molecule has 1 aliphatic heterocycles. The fraction of sp³-hybridized carbons (Fsp3) is 0.929. The molecule has 1 amide bonds. The predicted molar refractivity (Wildman–Crippen MR) is 88.1 cm³/mol. The van der Waals surface area contributed by atoms with Crippen LogP contribution in [0, 0.1) is 17.8 Å². The third-order valence-electron chi connectivity index (χ3n) is 4.74. The summed E-state index contributed by atoms with van der Waals surface area (Å²) in [4.78, 5) is 12.2. The summed E-state index contributed by atoms with van der Waals surface area (Å²) in [6.45, 7) is 0.876. The first-order chi connectivity index (χ1) is 10.6. The highest BCUT2D eigenvalue weighted by molar-refractivity contribution is 7.91. The minimum Gasteiger partial charge on any atom is -0.356 e. The molecule has 2 N–H and O–H groups in total. The summed E-state index contributed by atoms with van der Waals surface area (Å²) in [6, 6.07) is 0. The maximum absolute atomic E-state index is 12.2. The number of sulfonamides is 1. The zero-order valence-corrected chi connectivity index (χ0v) is 15.1. The molecule has 23 heavy (non-hydrogen) atoms. The Hall–Kier alpha value is -0.670. The van der Waals surface area contributed by atoms with Crippen LogP contribution in [0.2, 0.25) is 0 Å². The molecule has 1 saturated heterocycles. The molecule has 9 heteroatoms. The second kappa shape index (κ2) is 7.48. The summed E-state index contributed by atoms with van der Waals surface area (Å²) in [5, 5.41) is 2.89. The van der Waals surface area contributed by atoms with Crippen LogP contribution in [-0.2, 0) is 24.7 Å². The lowest BCUT2D eigenvalue weighted by Gasteiger charge is -2.28. The number of hydrogen-bond donors (Lipinski definition) is 2. The van der Waals surface area contributed by atoms with Crippen molar-refractivity contribution < 1.29 is 21.6 Å². The van der Waals surface area contributed by atoms with Gasteiger partial charge in [-0.1, -0.05) is 0 Å². The van der Waals surface area contributed by atoms with E-state index in [4.69, 9.17) is 0 Å². The quantitative estimate of drug-likeness (QED) is 0.682. The molecule has 7 nitrogen and oxygen atoms in total. The van der Waals surface area contributed by atoms with Gasteiger partial charge in [-0.05, 0) is 43.9 Å². The predicted octanol–water partition coefficient (Wildman–Crippen LogP) is -0.107. The van der Waals surface area contributed by atoms with Crippen LogP contribution in [0.1, 0.15) is 32.1 Å². The van der Waals surface area contributed by atoms with Crippen molar-refractivity contribution in [2.24, 2.45) is 17.8 Å². The molecule has 2 rings (SSSR count). The van der Waals surface area contributed by atoms with Gasteiger partial charge in [0, 0.05) is 19.0 Å². The molecule has 1 aliphatic carbocycles. The maximum atomic E-state index is 12.2. The molecular formula is C14H26N2O5S2. The highest BCUT2D eigenvalue weighted by atomic mass is 32.2. The molecule has 0 aromatic carbocycles. The molecule has 0 bridgehead atoms. The monoisotopic (exact) mass is 366 g/mol. The Kier molecular flexibility index (Phi) is 6.07. The van der Waals surface area contributed by atoms with E-state index in [1.807, 2.05) is 0 Å². The molecule has 0 spiro atoms. The third-order valence-corrected chi connectivity index (χ3v) is 7.27. The third kappa shape index (κ3) is 6.39. The Balaban J connectivity index is 1.67. The summed E-state index contributed by atoms with van der Waals surface area (Å²) < 4.78 is 47.5. The highest BCUT2D eigenvalue weighted by Crippen LogP contribution is 2.28. The van der Waals surface area contributed by atoms with Gasteiger partial charge in [-0.3, -0.25) is 4.79 Å². The summed E-state index contributed by atoms with van der Waals surface area (Å²) in [6.07, 6.45) is 4.95. The smallest absolute Gasteiger partial charge is 0.223 e. The molecule has 2 aliphatic rings. The molecule has 1 heterocycles. The summed E-state index contributed by atoms with van der Waals surface area (Å²) in [7, 11) is -6.06. The van der Waals surface area contributed by atoms with E-state index in [2.05, 4.69) is 10.0 Å². The minimum atomic E-state index is -3.16. The molecule has 134 valence electrons. The largest absolute Gasteiger partial charge is 0.356 e. The minimum absolute atomic E-state index is 0.00354. The molecule has 2 fully saturated rings. The van der Waals surface area contributed by atoms with E-state index in [1.165, 1.54) is 0 Å². The number of carbonyl (C=O) groups excluding carboxylic acids is 1. The average molecular weight is 367 g/mol. The van der Waals surface area contributed by atoms with Crippen molar-refractivity contribution in [2.75, 3.05) is 30.9 Å². The van der Waals surface area contributed by atoms with Crippen LogP contribution >= 0.6 is 0 Å². The van der Waals surface area contributed by atoms with Crippen LogP contribution in [0.25, 0.3) is 0 Å². The Morgan fingerprint density at radius 2 is 1.70 bits per heavy atom. The Labute approximate surface area is 138 Å². The number of hydrogen-bond acceptors (Lipinski definition) is 5. The van der Waals surface area contributed by atoms with Crippen molar-refractivity contribution in [1.82, 2.24) is 10.0 Å². The average Bonchev–Trinajstić information content (AvgIpc) is 2.82. The Bertz CT molecular complexity index is 622. The number of carbonyl (C=O) groups is 1. The standard InChI is InChI=1S/C14H26N2O5S2/c1-22(18,19)16-9-11-2-4-13(5-3-11)14(17)15-8-12-6-7-23(20,21)10-12/h11-13,16H,2-10H2,1H3,(H,15,17). The van der Waals surface area contributed by atoms with Gasteiger partial charge in [0.05, 0.1) is 17.8 Å². The highest BCUT2D eigenvalue weighted by Gasteiger charge is 2.30. The number of amides is 1. The SMILES string of the molecule is CS(=O)(=O)NCC1CCC(C(=O)NCC2CCS(=O)(=O)C2)CC1. The van der Waals surface area contributed by atoms with Gasteiger partial charge in [-0.25, -0.2) is 21.6 Å². The second-order valence-corrected chi connectivity index (χ2v) is 10.9. The van der Waals surface area contributed by atoms with Gasteiger partial charge in [0.15, 0.2) is 9.84 Å². The van der Waals surface area contributed by atoms with Crippen LogP contribution < -0.4 is 10.0 Å². The van der Waals surface area contributed by atoms with Gasteiger partial charge in [0.1, 0.15) is 0 Å². The van der Waals surface area contributed by atoms with Crippen molar-refractivity contribution in [3.8, 4) is 0 Å². The van der Waals surface area contributed by atoms with Gasteiger partial charge in [-0.15, -0.1) is 0 Å². The second-order valence-electron chi connectivity index (χ2n) is 6.85. The number of nitrogens with one attached hydrogen (secondary N) is 2. The van der Waals surface area contributed by atoms with Gasteiger partial charge >= 0.3 is 0 Å². The zero-order valence-electron chi connectivity index (χ0n) is 13.5. The van der Waals surface area contributed by atoms with E-state index in [9.17, 15) is 21.6 Å². The fourth-order valence-electron chi connectivity index (χ4n) is 3.32. The van der Waals surface area contributed by atoms with E-state index < -0.39 is 19.9 Å². The van der Waals surface area contributed by atoms with Crippen LogP contribution in [0.5, 0.6) is 0 Å². The molecule has 0 aromatic heterocycles. The molecule has 0 radical (unpaired) electrons. The van der Waals surface area contributed by atoms with Crippen molar-refractivity contribution in [1.29, 1.82) is 0 Å². The summed E-state index contributed by atoms with van der Waals surface area (Å²) in [5.41, 5.74) is 0. The van der Waals surface area contributed by atoms with Gasteiger partial charge in [0.2, 0.25) is 15.9 Å². The summed E-state index contributed by atoms with van der Waals surface area (Å²) >= 11 is 0. The first-order valence-corrected chi connectivity index (χ1v) is 11.8. The maximum Gasteiger partial charge on any atom is 0.223 e. The van der Waals surface area contributed by atoms with Gasteiger partial charge < -0.3 is 5.32 Å². The van der Waals surface area contributed by atoms with Crippen molar-refractivity contribution in [2.45, 2.75) is 32.1 Å². The van der Waals surface area contributed by atoms with E-state index >= 15 is 0 Å². The number of sulfone groups is 1. The number of rotatable bonds is 6. The van der Waals surface area contributed by atoms with Crippen LogP contribution in [0.4, 0.5) is 0 Å². The van der Waals surface area contributed by atoms with Crippen LogP contribution in [-0.4, -0.2) is 53.6 Å². The lowest BCUT2D eigenvalue weighted by molar-refractivity contribution is -0.126. The van der Waals surface area contributed by atoms with E-state index in [0.29, 0.717) is 19.5 Å². The fourth-order valence-corrected chi connectivity index (χ4v) is 5.72. The van der Waals surface area contributed by atoms with E-state index in [-0.39, 0.29) is 35.2 Å². The van der Waals surface area contributed by atoms with Crippen molar-refractivity contribution in [3.05, 3.63) is 0 Å². The summed E-state index contributed by atoms with van der Waals surface area (Å²) in [5.74, 6) is 0.697. The van der Waals surface area contributed by atoms with E-state index in [1.54, 1.807) is 0 Å². The van der Waals surface area contributed by atoms with Crippen molar-refractivity contribution >= 4 is 25.8 Å². The molecule has 1 atom stereocenters. The zero-order chi connectivity index (χ0) is 17.1. The Morgan fingerprint density at radius 3 is 2.22 bits per heavy atom. The van der Waals surface area contributed by atoms with Gasteiger partial charge in [-0.2, -0.15) is 0 Å². The van der Waals surface area contributed by atoms with E-state index in [0.717, 1.165) is 31.9 Å². The molecule has 0 aromatic rings. The first-order valence-electron chi connectivity index (χ1n) is 8.07. The van der Waals surface area contributed by atoms with Crippen molar-refractivity contribution in [3.63, 3.8) is 0 Å². The first kappa shape index (κ1) is 18.7. The molecule has 1 unspecified atom stereocenters. The molecule has 1 saturated carbocycles. The van der Waals surface area contributed by atoms with Crippen LogP contribution in [0.3, 0.4) is 0 Å². The van der Waals surface area contributed by atoms with Crippen LogP contribution in [0.15, 0.2) is 0 Å². The van der Waals surface area contributed by atoms with Gasteiger partial charge in [0.25, 0.3) is 0 Å². The normalized spacial score (nSPS) is 30.9. The lowest BCUT2D eigenvalue weighted by atomic mass is 9.81. The molecular weight excluding hydrogens is 340 g/mol. The Morgan fingerprint density at radius 1 is 1.04 bits per heavy atom. The lowest BCUT2D eigenvalue weighted by Crippen LogP contribution is -2.38.